The molecule has 0 spiro atoms. The van der Waals surface area contributed by atoms with Crippen LogP contribution < -0.4 is 5.73 Å². The summed E-state index contributed by atoms with van der Waals surface area (Å²) >= 11 is 0. The lowest BCUT2D eigenvalue weighted by Gasteiger charge is -2.36. The highest BCUT2D eigenvalue weighted by Gasteiger charge is 2.28. The summed E-state index contributed by atoms with van der Waals surface area (Å²) in [5.41, 5.74) is 7.59. The molecule has 2 heteroatoms. The van der Waals surface area contributed by atoms with Gasteiger partial charge in [-0.2, -0.15) is 0 Å². The molecular formula is C17H28N2. The number of likely N-dealkylation sites (tertiary alicyclic amines) is 1. The van der Waals surface area contributed by atoms with Gasteiger partial charge in [0.1, 0.15) is 0 Å². The van der Waals surface area contributed by atoms with E-state index in [1.54, 1.807) is 0 Å². The van der Waals surface area contributed by atoms with Crippen molar-refractivity contribution < 1.29 is 0 Å². The van der Waals surface area contributed by atoms with Crippen LogP contribution >= 0.6 is 0 Å². The highest BCUT2D eigenvalue weighted by molar-refractivity contribution is 5.23. The van der Waals surface area contributed by atoms with Crippen LogP contribution in [-0.2, 0) is 5.54 Å². The van der Waals surface area contributed by atoms with Gasteiger partial charge in [-0.25, -0.2) is 0 Å². The van der Waals surface area contributed by atoms with Gasteiger partial charge in [0, 0.05) is 12.6 Å². The van der Waals surface area contributed by atoms with Gasteiger partial charge in [-0.15, -0.1) is 0 Å². The van der Waals surface area contributed by atoms with E-state index in [2.05, 4.69) is 49.1 Å². The molecule has 2 rings (SSSR count). The van der Waals surface area contributed by atoms with E-state index in [-0.39, 0.29) is 5.54 Å². The number of nitrogens with two attached hydrogens (primary N) is 1. The first kappa shape index (κ1) is 14.5. The molecule has 1 aromatic carbocycles. The van der Waals surface area contributed by atoms with Crippen LogP contribution in [0.5, 0.6) is 0 Å². The zero-order chi connectivity index (χ0) is 13.7. The third-order valence-electron chi connectivity index (χ3n) is 4.44. The Balaban J connectivity index is 2.09. The van der Waals surface area contributed by atoms with Gasteiger partial charge < -0.3 is 5.73 Å². The summed E-state index contributed by atoms with van der Waals surface area (Å²) in [5, 5.41) is 0. The van der Waals surface area contributed by atoms with Crippen LogP contribution in [-0.4, -0.2) is 24.0 Å². The number of rotatable bonds is 4. The fraction of sp³-hybridized carbons (Fsp3) is 0.647. The lowest BCUT2D eigenvalue weighted by Crippen LogP contribution is -2.48. The minimum Gasteiger partial charge on any atom is -0.321 e. The Labute approximate surface area is 118 Å². The van der Waals surface area contributed by atoms with E-state index >= 15 is 0 Å². The SMILES string of the molecule is CCC1CCCCCN1CC(C)(N)c1ccccc1. The monoisotopic (exact) mass is 260 g/mol. The summed E-state index contributed by atoms with van der Waals surface area (Å²) in [7, 11) is 0. The minimum atomic E-state index is -0.251. The van der Waals surface area contributed by atoms with Crippen molar-refractivity contribution in [2.24, 2.45) is 5.73 Å². The van der Waals surface area contributed by atoms with Gasteiger partial charge in [0.25, 0.3) is 0 Å². The largest absolute Gasteiger partial charge is 0.321 e. The van der Waals surface area contributed by atoms with Gasteiger partial charge >= 0.3 is 0 Å². The van der Waals surface area contributed by atoms with E-state index in [4.69, 9.17) is 5.73 Å². The molecule has 2 N–H and O–H groups in total. The van der Waals surface area contributed by atoms with Gasteiger partial charge in [0.05, 0.1) is 5.54 Å². The molecule has 0 radical (unpaired) electrons. The summed E-state index contributed by atoms with van der Waals surface area (Å²) in [5.74, 6) is 0. The van der Waals surface area contributed by atoms with Gasteiger partial charge in [-0.1, -0.05) is 50.1 Å². The van der Waals surface area contributed by atoms with E-state index < -0.39 is 0 Å². The molecule has 0 amide bonds. The highest BCUT2D eigenvalue weighted by Crippen LogP contribution is 2.25. The summed E-state index contributed by atoms with van der Waals surface area (Å²) < 4.78 is 0. The van der Waals surface area contributed by atoms with Crippen molar-refractivity contribution in [3.05, 3.63) is 35.9 Å². The lowest BCUT2D eigenvalue weighted by atomic mass is 9.91. The van der Waals surface area contributed by atoms with Crippen molar-refractivity contribution in [3.63, 3.8) is 0 Å². The second kappa shape index (κ2) is 6.53. The van der Waals surface area contributed by atoms with Gasteiger partial charge in [0.15, 0.2) is 0 Å². The predicted molar refractivity (Wildman–Crippen MR) is 82.1 cm³/mol. The first-order valence-corrected chi connectivity index (χ1v) is 7.72. The van der Waals surface area contributed by atoms with E-state index in [1.165, 1.54) is 44.2 Å². The lowest BCUT2D eigenvalue weighted by molar-refractivity contribution is 0.155. The maximum atomic E-state index is 6.60. The minimum absolute atomic E-state index is 0.251. The molecule has 0 aliphatic carbocycles. The van der Waals surface area contributed by atoms with Crippen LogP contribution in [0.1, 0.15) is 51.5 Å². The second-order valence-electron chi connectivity index (χ2n) is 6.17. The van der Waals surface area contributed by atoms with E-state index in [0.717, 1.165) is 6.54 Å². The normalized spacial score (nSPS) is 24.7. The summed E-state index contributed by atoms with van der Waals surface area (Å²) in [4.78, 5) is 2.62. The second-order valence-corrected chi connectivity index (χ2v) is 6.17. The molecule has 1 aliphatic heterocycles. The predicted octanol–water partition coefficient (Wildman–Crippen LogP) is 3.52. The zero-order valence-corrected chi connectivity index (χ0v) is 12.4. The highest BCUT2D eigenvalue weighted by atomic mass is 15.2. The quantitative estimate of drug-likeness (QED) is 0.897. The topological polar surface area (TPSA) is 29.3 Å². The molecule has 0 bridgehead atoms. The first-order valence-electron chi connectivity index (χ1n) is 7.72. The fourth-order valence-electron chi connectivity index (χ4n) is 3.24. The number of hydrogen-bond donors (Lipinski definition) is 1. The Morgan fingerprint density at radius 1 is 1.21 bits per heavy atom. The van der Waals surface area contributed by atoms with Gasteiger partial charge in [0.2, 0.25) is 0 Å². The van der Waals surface area contributed by atoms with Crippen molar-refractivity contribution in [2.75, 3.05) is 13.1 Å². The van der Waals surface area contributed by atoms with E-state index in [0.29, 0.717) is 6.04 Å². The Bertz CT molecular complexity index is 372. The Hall–Kier alpha value is -0.860. The molecule has 1 saturated heterocycles. The molecule has 1 fully saturated rings. The van der Waals surface area contributed by atoms with Crippen LogP contribution in [0.4, 0.5) is 0 Å². The van der Waals surface area contributed by atoms with Crippen LogP contribution in [0, 0.1) is 0 Å². The molecule has 2 unspecified atom stereocenters. The number of nitrogens with zero attached hydrogens (tertiary/aromatic N) is 1. The molecule has 0 saturated carbocycles. The summed E-state index contributed by atoms with van der Waals surface area (Å²) in [6.07, 6.45) is 6.65. The Morgan fingerprint density at radius 2 is 1.95 bits per heavy atom. The van der Waals surface area contributed by atoms with Crippen LogP contribution in [0.3, 0.4) is 0 Å². The molecule has 1 aliphatic rings. The summed E-state index contributed by atoms with van der Waals surface area (Å²) in [6, 6.07) is 11.2. The zero-order valence-electron chi connectivity index (χ0n) is 12.4. The van der Waals surface area contributed by atoms with Crippen LogP contribution in [0.15, 0.2) is 30.3 Å². The average Bonchev–Trinajstić information content (AvgIpc) is 2.64. The molecule has 0 aromatic heterocycles. The van der Waals surface area contributed by atoms with Crippen molar-refractivity contribution in [2.45, 2.75) is 57.5 Å². The Morgan fingerprint density at radius 3 is 2.63 bits per heavy atom. The average molecular weight is 260 g/mol. The van der Waals surface area contributed by atoms with Crippen molar-refractivity contribution in [3.8, 4) is 0 Å². The number of hydrogen-bond acceptors (Lipinski definition) is 2. The van der Waals surface area contributed by atoms with Crippen LogP contribution in [0.25, 0.3) is 0 Å². The first-order chi connectivity index (χ1) is 9.13. The molecule has 19 heavy (non-hydrogen) atoms. The van der Waals surface area contributed by atoms with Crippen LogP contribution in [0.2, 0.25) is 0 Å². The van der Waals surface area contributed by atoms with Gasteiger partial charge in [-0.3, -0.25) is 4.90 Å². The third-order valence-corrected chi connectivity index (χ3v) is 4.44. The number of benzene rings is 1. The fourth-order valence-corrected chi connectivity index (χ4v) is 3.24. The molecule has 2 atom stereocenters. The smallest absolute Gasteiger partial charge is 0.0510 e. The molecular weight excluding hydrogens is 232 g/mol. The van der Waals surface area contributed by atoms with E-state index in [1.807, 2.05) is 0 Å². The third kappa shape index (κ3) is 3.80. The maximum absolute atomic E-state index is 6.60. The molecule has 1 aromatic rings. The molecule has 1 heterocycles. The van der Waals surface area contributed by atoms with E-state index in [9.17, 15) is 0 Å². The van der Waals surface area contributed by atoms with Gasteiger partial charge in [-0.05, 0) is 38.3 Å². The van der Waals surface area contributed by atoms with Crippen molar-refractivity contribution in [1.29, 1.82) is 0 Å². The summed E-state index contributed by atoms with van der Waals surface area (Å²) in [6.45, 7) is 6.65. The maximum Gasteiger partial charge on any atom is 0.0510 e. The van der Waals surface area contributed by atoms with Crippen molar-refractivity contribution >= 4 is 0 Å². The standard InChI is InChI=1S/C17H28N2/c1-3-16-12-8-5-9-13-19(16)14-17(2,18)15-10-6-4-7-11-15/h4,6-7,10-11,16H,3,5,8-9,12-14,18H2,1-2H3. The molecule has 106 valence electrons. The molecule has 2 nitrogen and oxygen atoms in total. The Kier molecular flexibility index (Phi) is 5.00. The van der Waals surface area contributed by atoms with Crippen molar-refractivity contribution in [1.82, 2.24) is 4.90 Å².